The van der Waals surface area contributed by atoms with E-state index in [1.165, 1.54) is 18.3 Å². The molecule has 7 nitrogen and oxygen atoms in total. The van der Waals surface area contributed by atoms with Crippen LogP contribution in [0, 0.1) is 13.8 Å². The Morgan fingerprint density at radius 3 is 2.38 bits per heavy atom. The highest BCUT2D eigenvalue weighted by molar-refractivity contribution is 6.30. The van der Waals surface area contributed by atoms with Gasteiger partial charge in [0.05, 0.1) is 5.56 Å². The number of carbonyl (C=O) groups excluding carboxylic acids is 2. The monoisotopic (exact) mass is 412 g/mol. The van der Waals surface area contributed by atoms with Crippen molar-refractivity contribution < 1.29 is 14.7 Å². The molecule has 0 aliphatic carbocycles. The van der Waals surface area contributed by atoms with Crippen LogP contribution < -0.4 is 10.6 Å². The number of nitrogens with one attached hydrogen (secondary N) is 2. The lowest BCUT2D eigenvalue weighted by atomic mass is 10.2. The average molecular weight is 413 g/mol. The number of benzene rings is 1. The van der Waals surface area contributed by atoms with Crippen molar-refractivity contribution >= 4 is 23.4 Å². The molecule has 0 spiro atoms. The quantitative estimate of drug-likeness (QED) is 0.542. The maximum absolute atomic E-state index is 12.6. The fourth-order valence-corrected chi connectivity index (χ4v) is 3.21. The number of rotatable bonds is 6. The van der Waals surface area contributed by atoms with E-state index in [2.05, 4.69) is 15.6 Å². The Morgan fingerprint density at radius 2 is 1.72 bits per heavy atom. The largest absolute Gasteiger partial charge is 0.505 e. The predicted molar refractivity (Wildman–Crippen MR) is 111 cm³/mol. The number of pyridine rings is 1. The van der Waals surface area contributed by atoms with Crippen LogP contribution in [0.3, 0.4) is 0 Å². The van der Waals surface area contributed by atoms with Gasteiger partial charge in [0, 0.05) is 41.4 Å². The van der Waals surface area contributed by atoms with E-state index < -0.39 is 5.91 Å². The second kappa shape index (κ2) is 8.79. The molecule has 0 saturated carbocycles. The van der Waals surface area contributed by atoms with Crippen molar-refractivity contribution in [2.45, 2.75) is 13.8 Å². The first kappa shape index (κ1) is 20.4. The van der Waals surface area contributed by atoms with Crippen LogP contribution in [-0.2, 0) is 0 Å². The maximum Gasteiger partial charge on any atom is 0.273 e. The third-order valence-electron chi connectivity index (χ3n) is 4.46. The highest BCUT2D eigenvalue weighted by Gasteiger charge is 2.17. The van der Waals surface area contributed by atoms with Crippen molar-refractivity contribution in [3.8, 4) is 11.4 Å². The number of hydrogen-bond donors (Lipinski definition) is 3. The zero-order chi connectivity index (χ0) is 21.0. The van der Waals surface area contributed by atoms with Gasteiger partial charge in [-0.3, -0.25) is 9.59 Å². The van der Waals surface area contributed by atoms with E-state index in [1.54, 1.807) is 12.1 Å². The number of hydrogen-bond acceptors (Lipinski definition) is 4. The minimum Gasteiger partial charge on any atom is -0.505 e. The SMILES string of the molecule is Cc1cc(C(=O)NCCNC(=O)c2ncccc2O)c(C)n1-c1ccc(Cl)cc1. The zero-order valence-corrected chi connectivity index (χ0v) is 16.8. The van der Waals surface area contributed by atoms with Gasteiger partial charge in [-0.05, 0) is 56.3 Å². The molecule has 0 radical (unpaired) electrons. The van der Waals surface area contributed by atoms with E-state index in [1.807, 2.05) is 36.6 Å². The van der Waals surface area contributed by atoms with Crippen LogP contribution in [-0.4, -0.2) is 39.6 Å². The lowest BCUT2D eigenvalue weighted by Crippen LogP contribution is -2.35. The highest BCUT2D eigenvalue weighted by Crippen LogP contribution is 2.22. The van der Waals surface area contributed by atoms with Crippen molar-refractivity contribution in [1.82, 2.24) is 20.2 Å². The predicted octanol–water partition coefficient (Wildman–Crippen LogP) is 3.01. The van der Waals surface area contributed by atoms with Crippen molar-refractivity contribution in [2.75, 3.05) is 13.1 Å². The van der Waals surface area contributed by atoms with Crippen LogP contribution in [0.1, 0.15) is 32.2 Å². The van der Waals surface area contributed by atoms with Crippen LogP contribution in [0.5, 0.6) is 5.75 Å². The summed E-state index contributed by atoms with van der Waals surface area (Å²) in [6.07, 6.45) is 1.42. The molecule has 2 amide bonds. The Kier molecular flexibility index (Phi) is 6.19. The second-order valence-corrected chi connectivity index (χ2v) is 6.92. The first-order valence-electron chi connectivity index (χ1n) is 9.03. The summed E-state index contributed by atoms with van der Waals surface area (Å²) in [6, 6.07) is 12.1. The van der Waals surface area contributed by atoms with Gasteiger partial charge in [0.1, 0.15) is 5.75 Å². The van der Waals surface area contributed by atoms with Crippen LogP contribution in [0.4, 0.5) is 0 Å². The summed E-state index contributed by atoms with van der Waals surface area (Å²) in [5.74, 6) is -0.921. The molecule has 0 aliphatic rings. The van der Waals surface area contributed by atoms with Gasteiger partial charge in [0.15, 0.2) is 5.69 Å². The van der Waals surface area contributed by atoms with Gasteiger partial charge in [-0.15, -0.1) is 0 Å². The van der Waals surface area contributed by atoms with Crippen LogP contribution >= 0.6 is 11.6 Å². The number of nitrogens with zero attached hydrogens (tertiary/aromatic N) is 2. The fraction of sp³-hybridized carbons (Fsp3) is 0.190. The summed E-state index contributed by atoms with van der Waals surface area (Å²) >= 11 is 5.95. The Balaban J connectivity index is 1.60. The third kappa shape index (κ3) is 4.57. The molecule has 3 N–H and O–H groups in total. The van der Waals surface area contributed by atoms with Gasteiger partial charge in [-0.25, -0.2) is 4.98 Å². The molecule has 0 aliphatic heterocycles. The Labute approximate surface area is 173 Å². The van der Waals surface area contributed by atoms with E-state index in [4.69, 9.17) is 11.6 Å². The average Bonchev–Trinajstić information content (AvgIpc) is 3.00. The van der Waals surface area contributed by atoms with Crippen molar-refractivity contribution in [1.29, 1.82) is 0 Å². The summed E-state index contributed by atoms with van der Waals surface area (Å²) in [5.41, 5.74) is 3.17. The number of amides is 2. The van der Waals surface area contributed by atoms with Crippen molar-refractivity contribution in [3.05, 3.63) is 76.3 Å². The summed E-state index contributed by atoms with van der Waals surface area (Å²) in [5, 5.41) is 15.7. The summed E-state index contributed by atoms with van der Waals surface area (Å²) in [7, 11) is 0. The lowest BCUT2D eigenvalue weighted by Gasteiger charge is -2.10. The molecule has 3 rings (SSSR count). The number of aromatic hydroxyl groups is 1. The molecular formula is C21H21ClN4O3. The van der Waals surface area contributed by atoms with E-state index >= 15 is 0 Å². The summed E-state index contributed by atoms with van der Waals surface area (Å²) in [6.45, 7) is 4.25. The molecule has 1 aromatic carbocycles. The molecule has 2 aromatic heterocycles. The minimum atomic E-state index is -0.502. The van der Waals surface area contributed by atoms with E-state index in [9.17, 15) is 14.7 Å². The molecule has 3 aromatic rings. The molecular weight excluding hydrogens is 392 g/mol. The van der Waals surface area contributed by atoms with Gasteiger partial charge in [-0.1, -0.05) is 11.6 Å². The molecule has 0 unspecified atom stereocenters. The maximum atomic E-state index is 12.6. The zero-order valence-electron chi connectivity index (χ0n) is 16.1. The van der Waals surface area contributed by atoms with E-state index in [0.29, 0.717) is 10.6 Å². The van der Waals surface area contributed by atoms with Gasteiger partial charge in [0.2, 0.25) is 0 Å². The Morgan fingerprint density at radius 1 is 1.07 bits per heavy atom. The minimum absolute atomic E-state index is 0.0506. The summed E-state index contributed by atoms with van der Waals surface area (Å²) in [4.78, 5) is 28.4. The lowest BCUT2D eigenvalue weighted by molar-refractivity contribution is 0.0923. The standard InChI is InChI=1S/C21H21ClN4O3/c1-13-12-17(14(2)26(13)16-7-5-15(22)6-8-16)20(28)24-10-11-25-21(29)19-18(27)4-3-9-23-19/h3-9,12,27H,10-11H2,1-2H3,(H,24,28)(H,25,29). The van der Waals surface area contributed by atoms with Crippen molar-refractivity contribution in [2.24, 2.45) is 0 Å². The molecule has 0 fully saturated rings. The molecule has 150 valence electrons. The van der Waals surface area contributed by atoms with Crippen LogP contribution in [0.2, 0.25) is 5.02 Å². The highest BCUT2D eigenvalue weighted by atomic mass is 35.5. The number of halogens is 1. The topological polar surface area (TPSA) is 96.2 Å². The van der Waals surface area contributed by atoms with E-state index in [-0.39, 0.29) is 30.4 Å². The first-order valence-corrected chi connectivity index (χ1v) is 9.41. The molecule has 0 atom stereocenters. The normalized spacial score (nSPS) is 10.6. The number of aromatic nitrogens is 2. The summed E-state index contributed by atoms with van der Waals surface area (Å²) < 4.78 is 1.98. The molecule has 29 heavy (non-hydrogen) atoms. The Bertz CT molecular complexity index is 1040. The molecule has 0 saturated heterocycles. The first-order chi connectivity index (χ1) is 13.9. The van der Waals surface area contributed by atoms with Crippen LogP contribution in [0.15, 0.2) is 48.7 Å². The molecule has 2 heterocycles. The number of carbonyl (C=O) groups is 2. The smallest absolute Gasteiger partial charge is 0.273 e. The van der Waals surface area contributed by atoms with Gasteiger partial charge in [-0.2, -0.15) is 0 Å². The molecule has 0 bridgehead atoms. The second-order valence-electron chi connectivity index (χ2n) is 6.48. The molecule has 8 heteroatoms. The fourth-order valence-electron chi connectivity index (χ4n) is 3.08. The van der Waals surface area contributed by atoms with Gasteiger partial charge >= 0.3 is 0 Å². The Hall–Kier alpha value is -3.32. The van der Waals surface area contributed by atoms with Gasteiger partial charge in [0.25, 0.3) is 11.8 Å². The van der Waals surface area contributed by atoms with Crippen LogP contribution in [0.25, 0.3) is 5.69 Å². The van der Waals surface area contributed by atoms with E-state index in [0.717, 1.165) is 17.1 Å². The number of aryl methyl sites for hydroxylation is 1. The third-order valence-corrected chi connectivity index (χ3v) is 4.71. The van der Waals surface area contributed by atoms with Crippen molar-refractivity contribution in [3.63, 3.8) is 0 Å². The van der Waals surface area contributed by atoms with Gasteiger partial charge < -0.3 is 20.3 Å².